The molecule has 0 atom stereocenters. The molecule has 0 aliphatic rings. The molecule has 2 aromatic heterocycles. The minimum Gasteiger partial charge on any atom is -0.469 e. The summed E-state index contributed by atoms with van der Waals surface area (Å²) in [6.07, 6.45) is 3.71. The average Bonchev–Trinajstić information content (AvgIpc) is 2.76. The number of aryl methyl sites for hydroxylation is 1. The summed E-state index contributed by atoms with van der Waals surface area (Å²) in [5.74, 6) is -0.288. The lowest BCUT2D eigenvalue weighted by molar-refractivity contribution is -0.139. The first-order chi connectivity index (χ1) is 8.67. The van der Waals surface area contributed by atoms with Crippen molar-refractivity contribution in [3.05, 3.63) is 35.1 Å². The van der Waals surface area contributed by atoms with Gasteiger partial charge < -0.3 is 10.1 Å². The van der Waals surface area contributed by atoms with E-state index in [4.69, 9.17) is 0 Å². The fourth-order valence-electron chi connectivity index (χ4n) is 1.41. The first-order valence-corrected chi connectivity index (χ1v) is 6.25. The molecule has 0 spiro atoms. The largest absolute Gasteiger partial charge is 0.469 e. The van der Waals surface area contributed by atoms with Gasteiger partial charge in [0.25, 0.3) is 0 Å². The summed E-state index contributed by atoms with van der Waals surface area (Å²) in [5, 5.41) is 5.72. The molecule has 0 aliphatic heterocycles. The van der Waals surface area contributed by atoms with Gasteiger partial charge in [-0.15, -0.1) is 11.3 Å². The smallest absolute Gasteiger partial charge is 0.311 e. The van der Waals surface area contributed by atoms with Gasteiger partial charge in [0.2, 0.25) is 0 Å². The van der Waals surface area contributed by atoms with E-state index < -0.39 is 0 Å². The minimum absolute atomic E-state index is 0.195. The quantitative estimate of drug-likeness (QED) is 0.857. The van der Waals surface area contributed by atoms with Gasteiger partial charge in [-0.05, 0) is 18.6 Å². The van der Waals surface area contributed by atoms with Crippen LogP contribution in [0.3, 0.4) is 0 Å². The van der Waals surface area contributed by atoms with E-state index >= 15 is 0 Å². The van der Waals surface area contributed by atoms with E-state index in [1.54, 1.807) is 12.4 Å². The highest BCUT2D eigenvalue weighted by Crippen LogP contribution is 2.21. The molecule has 2 heterocycles. The molecular weight excluding hydrogens is 250 g/mol. The van der Waals surface area contributed by atoms with Crippen molar-refractivity contribution in [2.45, 2.75) is 13.3 Å². The number of carbonyl (C=O) groups is 1. The van der Waals surface area contributed by atoms with Crippen molar-refractivity contribution in [1.82, 2.24) is 9.97 Å². The zero-order valence-electron chi connectivity index (χ0n) is 10.1. The summed E-state index contributed by atoms with van der Waals surface area (Å²) in [4.78, 5) is 19.5. The van der Waals surface area contributed by atoms with Crippen LogP contribution in [0.2, 0.25) is 0 Å². The average molecular weight is 263 g/mol. The van der Waals surface area contributed by atoms with E-state index in [0.717, 1.165) is 16.4 Å². The summed E-state index contributed by atoms with van der Waals surface area (Å²) >= 11 is 1.44. The second kappa shape index (κ2) is 5.59. The number of hydrogen-bond acceptors (Lipinski definition) is 6. The Labute approximate surface area is 109 Å². The number of carbonyl (C=O) groups excluding carboxylic acids is 1. The lowest BCUT2D eigenvalue weighted by atomic mass is 10.3. The number of nitrogens with zero attached hydrogens (tertiary/aromatic N) is 2. The summed E-state index contributed by atoms with van der Waals surface area (Å²) in [7, 11) is 1.37. The standard InChI is InChI=1S/C12H13N3O2S/c1-8-3-9(6-13-5-8)14-12-15-10(7-18-12)4-11(16)17-2/h3,5-7H,4H2,1-2H3,(H,14,15). The van der Waals surface area contributed by atoms with Crippen LogP contribution in [0.4, 0.5) is 10.8 Å². The summed E-state index contributed by atoms with van der Waals surface area (Å²) in [6, 6.07) is 1.98. The minimum atomic E-state index is -0.288. The van der Waals surface area contributed by atoms with E-state index in [1.807, 2.05) is 18.4 Å². The van der Waals surface area contributed by atoms with Crippen LogP contribution in [0.1, 0.15) is 11.3 Å². The molecule has 0 unspecified atom stereocenters. The molecule has 0 aromatic carbocycles. The molecule has 0 radical (unpaired) electrons. The van der Waals surface area contributed by atoms with Gasteiger partial charge in [-0.25, -0.2) is 4.98 Å². The first kappa shape index (κ1) is 12.5. The predicted octanol–water partition coefficient (Wildman–Crippen LogP) is 2.31. The zero-order chi connectivity index (χ0) is 13.0. The fraction of sp³-hybridized carbons (Fsp3) is 0.250. The predicted molar refractivity (Wildman–Crippen MR) is 70.1 cm³/mol. The van der Waals surface area contributed by atoms with Gasteiger partial charge in [0.05, 0.1) is 31.1 Å². The maximum atomic E-state index is 11.1. The molecule has 2 rings (SSSR count). The number of rotatable bonds is 4. The molecule has 0 saturated carbocycles. The van der Waals surface area contributed by atoms with Crippen molar-refractivity contribution in [3.63, 3.8) is 0 Å². The van der Waals surface area contributed by atoms with Crippen molar-refractivity contribution in [3.8, 4) is 0 Å². The van der Waals surface area contributed by atoms with E-state index in [1.165, 1.54) is 18.4 Å². The van der Waals surface area contributed by atoms with Crippen LogP contribution < -0.4 is 5.32 Å². The number of thiazole rings is 1. The number of methoxy groups -OCH3 is 1. The maximum Gasteiger partial charge on any atom is 0.311 e. The van der Waals surface area contributed by atoms with Crippen LogP contribution in [-0.4, -0.2) is 23.0 Å². The Kier molecular flexibility index (Phi) is 3.88. The van der Waals surface area contributed by atoms with Crippen molar-refractivity contribution in [2.75, 3.05) is 12.4 Å². The summed E-state index contributed by atoms with van der Waals surface area (Å²) in [6.45, 7) is 1.97. The molecule has 0 amide bonds. The maximum absolute atomic E-state index is 11.1. The Bertz CT molecular complexity index is 554. The highest BCUT2D eigenvalue weighted by atomic mass is 32.1. The number of hydrogen-bond donors (Lipinski definition) is 1. The second-order valence-electron chi connectivity index (χ2n) is 3.77. The number of anilines is 2. The Hall–Kier alpha value is -1.95. The lowest BCUT2D eigenvalue weighted by Gasteiger charge is -2.02. The van der Waals surface area contributed by atoms with Crippen LogP contribution in [-0.2, 0) is 16.0 Å². The van der Waals surface area contributed by atoms with Crippen LogP contribution >= 0.6 is 11.3 Å². The molecule has 2 aromatic rings. The van der Waals surface area contributed by atoms with Gasteiger partial charge in [0.1, 0.15) is 0 Å². The Morgan fingerprint density at radius 2 is 2.33 bits per heavy atom. The Morgan fingerprint density at radius 1 is 1.50 bits per heavy atom. The van der Waals surface area contributed by atoms with Crippen molar-refractivity contribution in [2.24, 2.45) is 0 Å². The molecule has 5 nitrogen and oxygen atoms in total. The summed E-state index contributed by atoms with van der Waals surface area (Å²) in [5.41, 5.74) is 2.66. The third-order valence-electron chi connectivity index (χ3n) is 2.23. The number of aromatic nitrogens is 2. The third kappa shape index (κ3) is 3.27. The molecule has 94 valence electrons. The normalized spacial score (nSPS) is 10.1. The van der Waals surface area contributed by atoms with E-state index in [0.29, 0.717) is 5.69 Å². The fourth-order valence-corrected chi connectivity index (χ4v) is 2.14. The van der Waals surface area contributed by atoms with Crippen LogP contribution in [0.5, 0.6) is 0 Å². The molecule has 0 fully saturated rings. The topological polar surface area (TPSA) is 64.1 Å². The van der Waals surface area contributed by atoms with Crippen molar-refractivity contribution in [1.29, 1.82) is 0 Å². The number of ether oxygens (including phenoxy) is 1. The highest BCUT2D eigenvalue weighted by Gasteiger charge is 2.07. The van der Waals surface area contributed by atoms with E-state index in [2.05, 4.69) is 20.0 Å². The van der Waals surface area contributed by atoms with Gasteiger partial charge >= 0.3 is 5.97 Å². The SMILES string of the molecule is COC(=O)Cc1csc(Nc2cncc(C)c2)n1. The molecule has 0 saturated heterocycles. The summed E-state index contributed by atoms with van der Waals surface area (Å²) < 4.78 is 4.59. The monoisotopic (exact) mass is 263 g/mol. The molecule has 1 N–H and O–H groups in total. The Morgan fingerprint density at radius 3 is 3.06 bits per heavy atom. The molecule has 6 heteroatoms. The van der Waals surface area contributed by atoms with Crippen LogP contribution in [0, 0.1) is 6.92 Å². The van der Waals surface area contributed by atoms with Gasteiger partial charge in [-0.1, -0.05) is 0 Å². The third-order valence-corrected chi connectivity index (χ3v) is 3.04. The van der Waals surface area contributed by atoms with E-state index in [-0.39, 0.29) is 12.4 Å². The lowest BCUT2D eigenvalue weighted by Crippen LogP contribution is -2.04. The highest BCUT2D eigenvalue weighted by molar-refractivity contribution is 7.13. The number of pyridine rings is 1. The zero-order valence-corrected chi connectivity index (χ0v) is 11.0. The van der Waals surface area contributed by atoms with Gasteiger partial charge in [0.15, 0.2) is 5.13 Å². The number of esters is 1. The molecule has 0 bridgehead atoms. The Balaban J connectivity index is 2.04. The van der Waals surface area contributed by atoms with Gasteiger partial charge in [0, 0.05) is 11.6 Å². The van der Waals surface area contributed by atoms with Crippen molar-refractivity contribution >= 4 is 28.1 Å². The number of nitrogens with one attached hydrogen (secondary N) is 1. The molecule has 18 heavy (non-hydrogen) atoms. The van der Waals surface area contributed by atoms with Gasteiger partial charge in [-0.3, -0.25) is 9.78 Å². The first-order valence-electron chi connectivity index (χ1n) is 5.37. The van der Waals surface area contributed by atoms with Crippen molar-refractivity contribution < 1.29 is 9.53 Å². The van der Waals surface area contributed by atoms with Crippen LogP contribution in [0.15, 0.2) is 23.8 Å². The van der Waals surface area contributed by atoms with Gasteiger partial charge in [-0.2, -0.15) is 0 Å². The van der Waals surface area contributed by atoms with E-state index in [9.17, 15) is 4.79 Å². The molecule has 0 aliphatic carbocycles. The molecular formula is C12H13N3O2S. The van der Waals surface area contributed by atoms with Crippen LogP contribution in [0.25, 0.3) is 0 Å². The second-order valence-corrected chi connectivity index (χ2v) is 4.63.